The van der Waals surface area contributed by atoms with Crippen LogP contribution in [0.3, 0.4) is 0 Å². The van der Waals surface area contributed by atoms with E-state index in [-0.39, 0.29) is 25.8 Å². The van der Waals surface area contributed by atoms with Crippen LogP contribution < -0.4 is 4.89 Å². The van der Waals surface area contributed by atoms with Gasteiger partial charge in [0.2, 0.25) is 0 Å². The Morgan fingerprint density at radius 2 is 1.41 bits per heavy atom. The maximum Gasteiger partial charge on any atom is 0.306 e. The van der Waals surface area contributed by atoms with Crippen LogP contribution in [0.1, 0.15) is 104 Å². The lowest BCUT2D eigenvalue weighted by Crippen LogP contribution is -2.37. The lowest BCUT2D eigenvalue weighted by atomic mass is 10.1. The lowest BCUT2D eigenvalue weighted by molar-refractivity contribution is -0.870. The minimum Gasteiger partial charge on any atom is -0.756 e. The molecule has 0 saturated carbocycles. The molecule has 8 nitrogen and oxygen atoms in total. The molecule has 0 aromatic carbocycles. The first-order valence-corrected chi connectivity index (χ1v) is 17.2. The van der Waals surface area contributed by atoms with Crippen LogP contribution in [0.5, 0.6) is 0 Å². The monoisotopic (exact) mass is 601 g/mol. The second-order valence-corrected chi connectivity index (χ2v) is 12.8. The summed E-state index contributed by atoms with van der Waals surface area (Å²) < 4.78 is 33.9. The van der Waals surface area contributed by atoms with Gasteiger partial charge in [0.05, 0.1) is 34.4 Å². The Morgan fingerprint density at radius 1 is 0.780 bits per heavy atom. The molecule has 0 bridgehead atoms. The number of unbranched alkanes of at least 4 members (excludes halogenated alkanes) is 8. The molecule has 41 heavy (non-hydrogen) atoms. The molecule has 0 radical (unpaired) electrons. The van der Waals surface area contributed by atoms with Gasteiger partial charge in [-0.05, 0) is 44.9 Å². The number of likely N-dealkylation sites (N-methyl/N-ethyl adjacent to an activating group) is 1. The molecule has 0 amide bonds. The zero-order valence-corrected chi connectivity index (χ0v) is 27.6. The van der Waals surface area contributed by atoms with Crippen LogP contribution in [-0.4, -0.2) is 70.7 Å². The van der Waals surface area contributed by atoms with Crippen molar-refractivity contribution in [3.8, 4) is 0 Å². The van der Waals surface area contributed by atoms with Gasteiger partial charge >= 0.3 is 5.97 Å². The van der Waals surface area contributed by atoms with Crippen LogP contribution in [-0.2, 0) is 27.9 Å². The maximum atomic E-state index is 12.2. The number of hydrogen-bond donors (Lipinski definition) is 0. The first kappa shape index (κ1) is 39.7. The van der Waals surface area contributed by atoms with E-state index in [1.165, 1.54) is 19.3 Å². The van der Waals surface area contributed by atoms with Crippen LogP contribution in [0.2, 0.25) is 0 Å². The number of carbonyl (C=O) groups excluding carboxylic acids is 1. The summed E-state index contributed by atoms with van der Waals surface area (Å²) in [5, 5.41) is 0. The highest BCUT2D eigenvalue weighted by Crippen LogP contribution is 2.38. The second-order valence-electron chi connectivity index (χ2n) is 11.4. The Kier molecular flexibility index (Phi) is 25.5. The van der Waals surface area contributed by atoms with Crippen LogP contribution in [0.25, 0.3) is 0 Å². The molecule has 0 aromatic rings. The van der Waals surface area contributed by atoms with Gasteiger partial charge in [0.1, 0.15) is 19.3 Å². The standard InChI is InChI=1S/C32H60NO7P/c1-6-8-10-11-12-13-14-15-16-17-18-19-20-21-22-24-27-37-29-31(40-32(34)25-23-9-7-2)30-39-41(35,36)38-28-26-33(3,4)5/h8,10,12-13,15-16,31H,6-7,9,11,14,17-30H2,1-5H3/b10-8-,13-12-,16-15-. The number of hydrogen-bond acceptors (Lipinski definition) is 7. The summed E-state index contributed by atoms with van der Waals surface area (Å²) in [6.45, 7) is 5.06. The molecule has 0 saturated heterocycles. The molecule has 2 unspecified atom stereocenters. The fourth-order valence-corrected chi connectivity index (χ4v) is 4.46. The van der Waals surface area contributed by atoms with Gasteiger partial charge < -0.3 is 27.9 Å². The van der Waals surface area contributed by atoms with E-state index >= 15 is 0 Å². The molecule has 240 valence electrons. The summed E-state index contributed by atoms with van der Waals surface area (Å²) in [4.78, 5) is 24.4. The summed E-state index contributed by atoms with van der Waals surface area (Å²) in [5.41, 5.74) is 0. The quantitative estimate of drug-likeness (QED) is 0.0306. The number of allylic oxidation sites excluding steroid dienone is 6. The van der Waals surface area contributed by atoms with E-state index in [1.807, 2.05) is 21.1 Å². The molecule has 0 heterocycles. The summed E-state index contributed by atoms with van der Waals surface area (Å²) in [5.74, 6) is -0.367. The van der Waals surface area contributed by atoms with Gasteiger partial charge in [-0.2, -0.15) is 0 Å². The van der Waals surface area contributed by atoms with Crippen LogP contribution >= 0.6 is 7.82 Å². The SMILES string of the molecule is CC/C=C\C/C=C\C/C=C\CCCCCCCCOCC(COP(=O)([O-])OCC[N+](C)(C)C)OC(=O)CCCCC. The molecule has 0 N–H and O–H groups in total. The molecular formula is C32H60NO7P. The third-order valence-electron chi connectivity index (χ3n) is 6.21. The minimum absolute atomic E-state index is 0.0218. The zero-order valence-electron chi connectivity index (χ0n) is 26.7. The van der Waals surface area contributed by atoms with E-state index in [2.05, 4.69) is 50.3 Å². The number of carbonyl (C=O) groups is 1. The van der Waals surface area contributed by atoms with Gasteiger partial charge in [0.25, 0.3) is 7.82 Å². The molecule has 0 aliphatic carbocycles. The van der Waals surface area contributed by atoms with Crippen molar-refractivity contribution >= 4 is 13.8 Å². The molecular weight excluding hydrogens is 541 g/mol. The predicted molar refractivity (Wildman–Crippen MR) is 167 cm³/mol. The van der Waals surface area contributed by atoms with Crippen molar-refractivity contribution in [3.63, 3.8) is 0 Å². The summed E-state index contributed by atoms with van der Waals surface area (Å²) in [6, 6.07) is 0. The van der Waals surface area contributed by atoms with Gasteiger partial charge in [-0.15, -0.1) is 0 Å². The number of phosphoric acid groups is 1. The van der Waals surface area contributed by atoms with Crippen molar-refractivity contribution in [1.29, 1.82) is 0 Å². The third kappa shape index (κ3) is 30.0. The zero-order chi connectivity index (χ0) is 30.7. The minimum atomic E-state index is -4.50. The van der Waals surface area contributed by atoms with E-state index in [1.54, 1.807) is 0 Å². The molecule has 9 heteroatoms. The van der Waals surface area contributed by atoms with Crippen molar-refractivity contribution in [1.82, 2.24) is 0 Å². The molecule has 0 rings (SSSR count). The van der Waals surface area contributed by atoms with E-state index in [4.69, 9.17) is 18.5 Å². The highest BCUT2D eigenvalue weighted by molar-refractivity contribution is 7.45. The summed E-state index contributed by atoms with van der Waals surface area (Å²) in [6.07, 6.45) is 26.6. The average molecular weight is 602 g/mol. The lowest BCUT2D eigenvalue weighted by Gasteiger charge is -2.28. The molecule has 0 aromatic heterocycles. The molecule has 0 aliphatic heterocycles. The third-order valence-corrected chi connectivity index (χ3v) is 7.17. The summed E-state index contributed by atoms with van der Waals surface area (Å²) in [7, 11) is 1.33. The van der Waals surface area contributed by atoms with Crippen molar-refractivity contribution < 1.29 is 37.3 Å². The molecule has 0 aliphatic rings. The number of esters is 1. The largest absolute Gasteiger partial charge is 0.756 e. The van der Waals surface area contributed by atoms with Crippen molar-refractivity contribution in [3.05, 3.63) is 36.5 Å². The van der Waals surface area contributed by atoms with E-state index in [0.29, 0.717) is 24.1 Å². The van der Waals surface area contributed by atoms with E-state index < -0.39 is 13.9 Å². The summed E-state index contributed by atoms with van der Waals surface area (Å²) >= 11 is 0. The Labute approximate surface area is 251 Å². The van der Waals surface area contributed by atoms with Gasteiger partial charge in [-0.3, -0.25) is 9.36 Å². The van der Waals surface area contributed by atoms with Gasteiger partial charge in [-0.1, -0.05) is 88.8 Å². The first-order valence-electron chi connectivity index (χ1n) is 15.7. The van der Waals surface area contributed by atoms with Crippen molar-refractivity contribution in [2.45, 2.75) is 110 Å². The van der Waals surface area contributed by atoms with Crippen LogP contribution in [0, 0.1) is 0 Å². The number of rotatable bonds is 28. The Hall–Kier alpha value is -1.28. The number of nitrogens with zero attached hydrogens (tertiary/aromatic N) is 1. The fourth-order valence-electron chi connectivity index (χ4n) is 3.73. The number of ether oxygens (including phenoxy) is 2. The molecule has 0 fully saturated rings. The van der Waals surface area contributed by atoms with Gasteiger partial charge in [-0.25, -0.2) is 0 Å². The van der Waals surface area contributed by atoms with Gasteiger partial charge in [0.15, 0.2) is 0 Å². The maximum absolute atomic E-state index is 12.2. The first-order chi connectivity index (χ1) is 19.6. The van der Waals surface area contributed by atoms with Crippen molar-refractivity contribution in [2.24, 2.45) is 0 Å². The topological polar surface area (TPSA) is 94.1 Å². The van der Waals surface area contributed by atoms with Crippen LogP contribution in [0.15, 0.2) is 36.5 Å². The smallest absolute Gasteiger partial charge is 0.306 e. The normalized spacial score (nSPS) is 14.8. The molecule has 0 spiro atoms. The van der Waals surface area contributed by atoms with E-state index in [9.17, 15) is 14.3 Å². The predicted octanol–water partition coefficient (Wildman–Crippen LogP) is 7.29. The molecule has 2 atom stereocenters. The van der Waals surface area contributed by atoms with Crippen molar-refractivity contribution in [2.75, 3.05) is 54.1 Å². The van der Waals surface area contributed by atoms with Crippen LogP contribution in [0.4, 0.5) is 0 Å². The Balaban J connectivity index is 4.14. The number of phosphoric ester groups is 1. The number of quaternary nitrogens is 1. The fraction of sp³-hybridized carbons (Fsp3) is 0.781. The Morgan fingerprint density at radius 3 is 2.07 bits per heavy atom. The highest BCUT2D eigenvalue weighted by atomic mass is 31.2. The van der Waals surface area contributed by atoms with E-state index in [0.717, 1.165) is 64.2 Å². The Bertz CT molecular complexity index is 762. The second kappa shape index (κ2) is 26.4. The average Bonchev–Trinajstić information content (AvgIpc) is 2.90. The highest BCUT2D eigenvalue weighted by Gasteiger charge is 2.20. The van der Waals surface area contributed by atoms with Gasteiger partial charge in [0, 0.05) is 13.0 Å².